The smallest absolute Gasteiger partial charge is 0.263 e. The lowest BCUT2D eigenvalue weighted by molar-refractivity contribution is 0.102. The number of halogens is 1. The summed E-state index contributed by atoms with van der Waals surface area (Å²) in [5.74, 6) is 0.233. The molecular weight excluding hydrogens is 498 g/mol. The van der Waals surface area contributed by atoms with E-state index in [1.165, 1.54) is 10.9 Å². The van der Waals surface area contributed by atoms with E-state index in [0.717, 1.165) is 21.3 Å². The topological polar surface area (TPSA) is 110 Å². The predicted molar refractivity (Wildman–Crippen MR) is 133 cm³/mol. The number of hydrogen-bond acceptors (Lipinski definition) is 5. The van der Waals surface area contributed by atoms with Crippen molar-refractivity contribution in [2.24, 2.45) is 0 Å². The number of aromatic amines is 1. The number of nitrogens with one attached hydrogen (secondary N) is 2. The lowest BCUT2D eigenvalue weighted by atomic mass is 10.1. The standard InChI is InChI=1S/C24H20BrN7O2/c1-13-6-4-9-19(15(13)3)31-21-18(12-26-31)23(34)29-24(28-21)32-20(10-14(2)30-32)27-22(33)16-7-5-8-17(25)11-16/h4-12H,1-3H3,(H,27,33)(H,28,29,34). The van der Waals surface area contributed by atoms with E-state index in [1.54, 1.807) is 35.9 Å². The van der Waals surface area contributed by atoms with Crippen LogP contribution in [0.5, 0.6) is 0 Å². The fourth-order valence-electron chi connectivity index (χ4n) is 3.72. The molecule has 0 bridgehead atoms. The zero-order valence-corrected chi connectivity index (χ0v) is 20.2. The Morgan fingerprint density at radius 2 is 1.85 bits per heavy atom. The summed E-state index contributed by atoms with van der Waals surface area (Å²) >= 11 is 3.38. The van der Waals surface area contributed by atoms with E-state index in [4.69, 9.17) is 0 Å². The summed E-state index contributed by atoms with van der Waals surface area (Å²) in [7, 11) is 0. The first-order valence-electron chi connectivity index (χ1n) is 10.5. The van der Waals surface area contributed by atoms with Crippen molar-refractivity contribution in [3.8, 4) is 11.6 Å². The van der Waals surface area contributed by atoms with Crippen LogP contribution in [-0.4, -0.2) is 35.4 Å². The van der Waals surface area contributed by atoms with E-state index in [1.807, 2.05) is 38.1 Å². The minimum Gasteiger partial charge on any atom is -0.306 e. The van der Waals surface area contributed by atoms with Gasteiger partial charge in [0.2, 0.25) is 5.95 Å². The highest BCUT2D eigenvalue weighted by molar-refractivity contribution is 9.10. The lowest BCUT2D eigenvalue weighted by Gasteiger charge is -2.11. The summed E-state index contributed by atoms with van der Waals surface area (Å²) in [4.78, 5) is 33.1. The van der Waals surface area contributed by atoms with Crippen LogP contribution < -0.4 is 10.9 Å². The number of aryl methyl sites for hydroxylation is 2. The molecule has 1 amide bonds. The number of benzene rings is 2. The van der Waals surface area contributed by atoms with Crippen LogP contribution in [0.4, 0.5) is 5.82 Å². The molecule has 10 heteroatoms. The molecule has 0 spiro atoms. The third-order valence-corrected chi connectivity index (χ3v) is 6.08. The maximum Gasteiger partial charge on any atom is 0.263 e. The van der Waals surface area contributed by atoms with Gasteiger partial charge < -0.3 is 5.32 Å². The predicted octanol–water partition coefficient (Wildman–Crippen LogP) is 4.23. The second-order valence-electron chi connectivity index (χ2n) is 7.95. The lowest BCUT2D eigenvalue weighted by Crippen LogP contribution is -2.19. The zero-order chi connectivity index (χ0) is 24.0. The summed E-state index contributed by atoms with van der Waals surface area (Å²) in [6.07, 6.45) is 1.50. The molecule has 0 fully saturated rings. The van der Waals surface area contributed by atoms with E-state index < -0.39 is 0 Å². The van der Waals surface area contributed by atoms with Crippen LogP contribution in [0.3, 0.4) is 0 Å². The van der Waals surface area contributed by atoms with Gasteiger partial charge in [0.25, 0.3) is 11.5 Å². The van der Waals surface area contributed by atoms with Crippen molar-refractivity contribution >= 4 is 38.7 Å². The first kappa shape index (κ1) is 21.8. The summed E-state index contributed by atoms with van der Waals surface area (Å²) in [5, 5.41) is 12.1. The average Bonchev–Trinajstić information content (AvgIpc) is 3.39. The summed E-state index contributed by atoms with van der Waals surface area (Å²) in [6, 6.07) is 14.6. The number of aromatic nitrogens is 6. The molecule has 5 rings (SSSR count). The van der Waals surface area contributed by atoms with Crippen LogP contribution in [0.25, 0.3) is 22.7 Å². The molecule has 0 radical (unpaired) electrons. The van der Waals surface area contributed by atoms with E-state index in [2.05, 4.69) is 41.4 Å². The minimum atomic E-state index is -0.353. The number of carbonyl (C=O) groups excluding carboxylic acids is 1. The van der Waals surface area contributed by atoms with Crippen molar-refractivity contribution in [1.29, 1.82) is 0 Å². The van der Waals surface area contributed by atoms with Crippen LogP contribution in [0.2, 0.25) is 0 Å². The van der Waals surface area contributed by atoms with Gasteiger partial charge in [-0.1, -0.05) is 34.1 Å². The number of nitrogens with zero attached hydrogens (tertiary/aromatic N) is 5. The molecule has 0 saturated carbocycles. The van der Waals surface area contributed by atoms with Gasteiger partial charge in [0.05, 0.1) is 17.6 Å². The zero-order valence-electron chi connectivity index (χ0n) is 18.6. The van der Waals surface area contributed by atoms with Crippen LogP contribution >= 0.6 is 15.9 Å². The molecule has 0 unspecified atom stereocenters. The van der Waals surface area contributed by atoms with E-state index in [-0.39, 0.29) is 17.4 Å². The first-order valence-corrected chi connectivity index (χ1v) is 11.3. The third kappa shape index (κ3) is 3.81. The van der Waals surface area contributed by atoms with Gasteiger partial charge >= 0.3 is 0 Å². The molecular formula is C24H20BrN7O2. The highest BCUT2D eigenvalue weighted by Gasteiger charge is 2.18. The fourth-order valence-corrected chi connectivity index (χ4v) is 4.12. The molecule has 3 heterocycles. The highest BCUT2D eigenvalue weighted by atomic mass is 79.9. The first-order chi connectivity index (χ1) is 16.3. The molecule has 9 nitrogen and oxygen atoms in total. The Morgan fingerprint density at radius 1 is 1.06 bits per heavy atom. The SMILES string of the molecule is Cc1cc(NC(=O)c2cccc(Br)c2)n(-c2nc3c(cnn3-c3cccc(C)c3C)c(=O)[nH]2)n1. The van der Waals surface area contributed by atoms with Crippen LogP contribution in [0, 0.1) is 20.8 Å². The Bertz CT molecular complexity index is 1630. The summed E-state index contributed by atoms with van der Waals surface area (Å²) in [6.45, 7) is 5.81. The molecule has 2 N–H and O–H groups in total. The number of anilines is 1. The number of hydrogen-bond donors (Lipinski definition) is 2. The molecule has 0 aliphatic rings. The van der Waals surface area contributed by atoms with Gasteiger partial charge in [-0.3, -0.25) is 14.6 Å². The van der Waals surface area contributed by atoms with Crippen molar-refractivity contribution in [2.75, 3.05) is 5.32 Å². The van der Waals surface area contributed by atoms with Gasteiger partial charge in [-0.2, -0.15) is 19.9 Å². The number of carbonyl (C=O) groups is 1. The molecule has 0 aliphatic carbocycles. The second kappa shape index (κ2) is 8.38. The molecule has 3 aromatic heterocycles. The molecule has 0 saturated heterocycles. The molecule has 5 aromatic rings. The van der Waals surface area contributed by atoms with Crippen LogP contribution in [0.15, 0.2) is 64.0 Å². The van der Waals surface area contributed by atoms with Crippen LogP contribution in [0.1, 0.15) is 27.2 Å². The van der Waals surface area contributed by atoms with Gasteiger partial charge in [0.1, 0.15) is 11.2 Å². The number of H-pyrrole nitrogens is 1. The quantitative estimate of drug-likeness (QED) is 0.370. The number of fused-ring (bicyclic) bond motifs is 1. The van der Waals surface area contributed by atoms with Gasteiger partial charge in [0, 0.05) is 16.1 Å². The Hall–Kier alpha value is -4.05. The number of amides is 1. The van der Waals surface area contributed by atoms with E-state index in [0.29, 0.717) is 28.1 Å². The van der Waals surface area contributed by atoms with Gasteiger partial charge in [-0.25, -0.2) is 4.68 Å². The van der Waals surface area contributed by atoms with E-state index >= 15 is 0 Å². The Kier molecular flexibility index (Phi) is 5.37. The monoisotopic (exact) mass is 517 g/mol. The maximum atomic E-state index is 12.9. The van der Waals surface area contributed by atoms with Crippen molar-refractivity contribution in [2.45, 2.75) is 20.8 Å². The summed E-state index contributed by atoms with van der Waals surface area (Å²) < 4.78 is 3.85. The van der Waals surface area contributed by atoms with Gasteiger partial charge in [-0.05, 0) is 56.2 Å². The normalized spacial score (nSPS) is 11.2. The Balaban J connectivity index is 1.61. The second-order valence-corrected chi connectivity index (χ2v) is 8.87. The highest BCUT2D eigenvalue weighted by Crippen LogP contribution is 2.22. The number of rotatable bonds is 4. The van der Waals surface area contributed by atoms with Crippen molar-refractivity contribution in [3.63, 3.8) is 0 Å². The molecule has 170 valence electrons. The molecule has 0 atom stereocenters. The fraction of sp³-hybridized carbons (Fsp3) is 0.125. The maximum absolute atomic E-state index is 12.9. The van der Waals surface area contributed by atoms with Crippen LogP contribution in [-0.2, 0) is 0 Å². The van der Waals surface area contributed by atoms with Crippen molar-refractivity contribution < 1.29 is 4.79 Å². The third-order valence-electron chi connectivity index (χ3n) is 5.59. The van der Waals surface area contributed by atoms with Gasteiger partial charge in [0.15, 0.2) is 5.65 Å². The van der Waals surface area contributed by atoms with Crippen molar-refractivity contribution in [3.05, 3.63) is 91.9 Å². The summed E-state index contributed by atoms with van der Waals surface area (Å²) in [5.41, 5.74) is 4.14. The molecule has 0 aliphatic heterocycles. The minimum absolute atomic E-state index is 0.169. The Labute approximate surface area is 202 Å². The largest absolute Gasteiger partial charge is 0.306 e. The van der Waals surface area contributed by atoms with Crippen molar-refractivity contribution in [1.82, 2.24) is 29.5 Å². The van der Waals surface area contributed by atoms with Gasteiger partial charge in [-0.15, -0.1) is 0 Å². The average molecular weight is 518 g/mol. The Morgan fingerprint density at radius 3 is 2.65 bits per heavy atom. The molecule has 34 heavy (non-hydrogen) atoms. The van der Waals surface area contributed by atoms with E-state index in [9.17, 15) is 9.59 Å². The molecule has 2 aromatic carbocycles.